The topological polar surface area (TPSA) is 9.72 Å². The van der Waals surface area contributed by atoms with Crippen molar-refractivity contribution in [3.63, 3.8) is 0 Å². The van der Waals surface area contributed by atoms with E-state index in [0.717, 1.165) is 0 Å². The lowest BCUT2D eigenvalue weighted by Gasteiger charge is -2.54. The van der Waals surface area contributed by atoms with Gasteiger partial charge in [-0.15, -0.1) is 0 Å². The first-order chi connectivity index (χ1) is 24.2. The van der Waals surface area contributed by atoms with Crippen LogP contribution in [0.4, 0.5) is 51.2 Å². The van der Waals surface area contributed by atoms with Crippen LogP contribution < -0.4 is 30.3 Å². The smallest absolute Gasteiger partial charge is 0.161 e. The summed E-state index contributed by atoms with van der Waals surface area (Å²) < 4.78 is 0. The summed E-state index contributed by atoms with van der Waals surface area (Å²) in [6.45, 7) is 2.64. The van der Waals surface area contributed by atoms with Crippen molar-refractivity contribution < 1.29 is 0 Å². The predicted molar refractivity (Wildman–Crippen MR) is 210 cm³/mol. The minimum Gasteiger partial charge on any atom is -0.311 e. The summed E-state index contributed by atoms with van der Waals surface area (Å²) in [6, 6.07) is 62.9. The molecule has 8 aromatic carbocycles. The summed E-state index contributed by atoms with van der Waals surface area (Å²) in [6.07, 6.45) is 0. The van der Waals surface area contributed by atoms with Crippen molar-refractivity contribution in [2.45, 2.75) is 6.55 Å². The van der Waals surface area contributed by atoms with Gasteiger partial charge in [-0.2, -0.15) is 0 Å². The van der Waals surface area contributed by atoms with E-state index >= 15 is 0 Å². The molecule has 0 bridgehead atoms. The zero-order valence-corrected chi connectivity index (χ0v) is 28.0. The van der Waals surface area contributed by atoms with Crippen LogP contribution in [0.15, 0.2) is 170 Å². The van der Waals surface area contributed by atoms with E-state index in [-0.39, 0.29) is 0 Å². The Hall–Kier alpha value is -6.10. The summed E-state index contributed by atoms with van der Waals surface area (Å²) in [5, 5.41) is 9.52. The fourth-order valence-electron chi connectivity index (χ4n) is 9.14. The maximum Gasteiger partial charge on any atom is 0.161 e. The van der Waals surface area contributed by atoms with Gasteiger partial charge in [-0.1, -0.05) is 116 Å². The van der Waals surface area contributed by atoms with Crippen LogP contribution in [-0.2, 0) is 0 Å². The Labute approximate surface area is 286 Å². The van der Waals surface area contributed by atoms with Crippen molar-refractivity contribution in [2.75, 3.05) is 14.7 Å². The Bertz CT molecular complexity index is 2480. The first-order valence-electron chi connectivity index (χ1n) is 17.0. The Morgan fingerprint density at radius 3 is 1.18 bits per heavy atom. The van der Waals surface area contributed by atoms with E-state index in [9.17, 15) is 0 Å². The molecular weight excluding hydrogens is 611 g/mol. The zero-order chi connectivity index (χ0) is 32.3. The molecule has 0 aromatic heterocycles. The average Bonchev–Trinajstić information content (AvgIpc) is 3.16. The van der Waals surface area contributed by atoms with Crippen molar-refractivity contribution in [1.29, 1.82) is 0 Å². The lowest BCUT2D eigenvalue weighted by Crippen LogP contribution is -2.74. The third-order valence-electron chi connectivity index (χ3n) is 11.0. The van der Waals surface area contributed by atoms with E-state index in [0.29, 0.717) is 0 Å². The van der Waals surface area contributed by atoms with Crippen molar-refractivity contribution >= 4 is 96.4 Å². The number of anilines is 9. The molecule has 8 aromatic rings. The minimum atomic E-state index is -2.69. The van der Waals surface area contributed by atoms with Gasteiger partial charge in [-0.05, 0) is 87.0 Å². The molecule has 0 saturated heterocycles. The second kappa shape index (κ2) is 9.72. The van der Waals surface area contributed by atoms with E-state index in [2.05, 4.69) is 191 Å². The molecule has 0 unspecified atom stereocenters. The molecule has 0 N–H and O–H groups in total. The number of benzene rings is 8. The molecule has 0 aliphatic carbocycles. The molecule has 3 aliphatic rings. The van der Waals surface area contributed by atoms with Gasteiger partial charge in [-0.3, -0.25) is 0 Å². The number of fused-ring (bicyclic) bond motifs is 4. The molecule has 3 aliphatic heterocycles. The molecular formula is C45H31N3Si. The molecule has 3 nitrogen and oxygen atoms in total. The Morgan fingerprint density at radius 2 is 0.735 bits per heavy atom. The highest BCUT2D eigenvalue weighted by Crippen LogP contribution is 2.55. The third-order valence-corrected chi connectivity index (χ3v) is 15.5. The molecule has 3 heterocycles. The van der Waals surface area contributed by atoms with Crippen LogP contribution in [0.1, 0.15) is 0 Å². The molecule has 49 heavy (non-hydrogen) atoms. The summed E-state index contributed by atoms with van der Waals surface area (Å²) in [7, 11) is -2.69. The normalized spacial score (nSPS) is 14.7. The zero-order valence-electron chi connectivity index (χ0n) is 27.0. The van der Waals surface area contributed by atoms with Crippen molar-refractivity contribution in [3.05, 3.63) is 170 Å². The number of rotatable bonds is 3. The number of hydrogen-bond acceptors (Lipinski definition) is 3. The largest absolute Gasteiger partial charge is 0.311 e. The molecule has 0 amide bonds. The van der Waals surface area contributed by atoms with E-state index in [1.165, 1.54) is 88.3 Å². The first kappa shape index (κ1) is 26.9. The van der Waals surface area contributed by atoms with E-state index in [1.807, 2.05) is 0 Å². The number of nitrogens with zero attached hydrogens (tertiary/aromatic N) is 3. The highest BCUT2D eigenvalue weighted by Gasteiger charge is 2.56. The maximum atomic E-state index is 2.64. The Kier molecular flexibility index (Phi) is 5.34. The van der Waals surface area contributed by atoms with Crippen molar-refractivity contribution in [2.24, 2.45) is 0 Å². The fraction of sp³-hybridized carbons (Fsp3) is 0.0222. The Morgan fingerprint density at radius 1 is 0.347 bits per heavy atom. The summed E-state index contributed by atoms with van der Waals surface area (Å²) in [5.74, 6) is 0. The molecule has 4 heteroatoms. The van der Waals surface area contributed by atoms with Gasteiger partial charge >= 0.3 is 0 Å². The van der Waals surface area contributed by atoms with Crippen LogP contribution >= 0.6 is 0 Å². The molecule has 0 saturated carbocycles. The van der Waals surface area contributed by atoms with Crippen LogP contribution in [0.25, 0.3) is 21.5 Å². The summed E-state index contributed by atoms with van der Waals surface area (Å²) in [5.41, 5.74) is 11.3. The van der Waals surface area contributed by atoms with Crippen LogP contribution in [0.2, 0.25) is 6.55 Å². The average molecular weight is 642 g/mol. The predicted octanol–water partition coefficient (Wildman–Crippen LogP) is 10.4. The van der Waals surface area contributed by atoms with Gasteiger partial charge in [0.25, 0.3) is 0 Å². The lowest BCUT2D eigenvalue weighted by atomic mass is 9.99. The first-order valence-corrected chi connectivity index (χ1v) is 19.5. The van der Waals surface area contributed by atoms with E-state index in [1.54, 1.807) is 0 Å². The third kappa shape index (κ3) is 3.41. The SMILES string of the molecule is C[Si]12c3c4cccc3N(c3ccccc3)c3cc5ccccc5c(c31)N(c1ccccc1)c1c2c(cc2ccccc12)N4c1ccccc1. The fourth-order valence-corrected chi connectivity index (χ4v) is 14.1. The molecule has 0 fully saturated rings. The van der Waals surface area contributed by atoms with Gasteiger partial charge in [0.15, 0.2) is 8.07 Å². The molecule has 230 valence electrons. The quantitative estimate of drug-likeness (QED) is 0.178. The minimum absolute atomic E-state index is 1.18. The van der Waals surface area contributed by atoms with Gasteiger partial charge in [0.05, 0.1) is 11.4 Å². The number of hydrogen-bond donors (Lipinski definition) is 0. The van der Waals surface area contributed by atoms with Gasteiger partial charge in [0.2, 0.25) is 0 Å². The second-order valence-electron chi connectivity index (χ2n) is 13.5. The lowest BCUT2D eigenvalue weighted by molar-refractivity contribution is 1.22. The van der Waals surface area contributed by atoms with Crippen molar-refractivity contribution in [1.82, 2.24) is 0 Å². The van der Waals surface area contributed by atoms with Gasteiger partial charge < -0.3 is 14.7 Å². The second-order valence-corrected chi connectivity index (χ2v) is 17.2. The van der Waals surface area contributed by atoms with Crippen LogP contribution in [0.5, 0.6) is 0 Å². The van der Waals surface area contributed by atoms with Gasteiger partial charge in [0, 0.05) is 50.6 Å². The van der Waals surface area contributed by atoms with E-state index in [4.69, 9.17) is 0 Å². The summed E-state index contributed by atoms with van der Waals surface area (Å²) in [4.78, 5) is 7.70. The highest BCUT2D eigenvalue weighted by molar-refractivity contribution is 7.16. The molecule has 0 spiro atoms. The Balaban J connectivity index is 1.42. The van der Waals surface area contributed by atoms with E-state index < -0.39 is 8.07 Å². The van der Waals surface area contributed by atoms with Gasteiger partial charge in [0.1, 0.15) is 0 Å². The maximum absolute atomic E-state index is 2.69. The summed E-state index contributed by atoms with van der Waals surface area (Å²) >= 11 is 0. The van der Waals surface area contributed by atoms with Crippen molar-refractivity contribution in [3.8, 4) is 0 Å². The van der Waals surface area contributed by atoms with Crippen LogP contribution in [-0.4, -0.2) is 8.07 Å². The monoisotopic (exact) mass is 641 g/mol. The van der Waals surface area contributed by atoms with Gasteiger partial charge in [-0.25, -0.2) is 0 Å². The highest BCUT2D eigenvalue weighted by atomic mass is 28.3. The standard InChI is InChI=1S/C45H31N3Si/c1-49-43-37-26-15-27-38(43)47(33-20-7-3-8-21-33)40-29-31-17-12-14-25-36(31)42(45(40)49)48(34-22-9-4-10-23-34)41-35-24-13-11-16-30(35)28-39(44(41)49)46(37)32-18-5-2-6-19-32/h2-29H,1H3. The van der Waals surface area contributed by atoms with Crippen LogP contribution in [0, 0.1) is 0 Å². The molecule has 0 atom stereocenters. The number of para-hydroxylation sites is 3. The molecule has 0 radical (unpaired) electrons. The van der Waals surface area contributed by atoms with Crippen LogP contribution in [0.3, 0.4) is 0 Å². The molecule has 11 rings (SSSR count).